The zero-order valence-electron chi connectivity index (χ0n) is 20.3. The first-order chi connectivity index (χ1) is 15.7. The minimum atomic E-state index is -2.97. The minimum absolute atomic E-state index is 0.0439. The number of aliphatic hydroxyl groups excluding tert-OH is 1. The van der Waals surface area contributed by atoms with Gasteiger partial charge in [-0.3, -0.25) is 24.1 Å². The lowest BCUT2D eigenvalue weighted by molar-refractivity contribution is -0.174. The number of aliphatic hydroxyl groups is 1. The molecule has 0 aromatic heterocycles. The number of ketones is 2. The number of carbonyl (C=O) groups excluding carboxylic acids is 4. The minimum Gasteiger partial charge on any atom is -0.479 e. The molecular formula is C22H39N5O7. The van der Waals surface area contributed by atoms with Crippen LogP contribution in [0.1, 0.15) is 53.4 Å². The summed E-state index contributed by atoms with van der Waals surface area (Å²) >= 11 is 0. The third-order valence-corrected chi connectivity index (χ3v) is 6.04. The molecule has 1 aliphatic rings. The molecule has 0 bridgehead atoms. The number of hydrogen-bond acceptors (Lipinski definition) is 10. The number of nitrogens with two attached hydrogens (primary N) is 3. The Kier molecular flexibility index (Phi) is 10.9. The third kappa shape index (κ3) is 6.45. The number of Topliss-reactive ketones (excluding diaryl/α,β-unsaturated/α-hetero) is 2. The van der Waals surface area contributed by atoms with Crippen LogP contribution >= 0.6 is 0 Å². The van der Waals surface area contributed by atoms with Gasteiger partial charge in [0.05, 0.1) is 24.7 Å². The number of nitrogens with one attached hydrogen (secondary N) is 1. The first-order valence-electron chi connectivity index (χ1n) is 11.5. The molecule has 1 fully saturated rings. The predicted octanol–water partition coefficient (Wildman–Crippen LogP) is -1.88. The molecule has 0 spiro atoms. The second-order valence-corrected chi connectivity index (χ2v) is 9.63. The number of nitrogens with zero attached hydrogens (tertiary/aromatic N) is 1. The van der Waals surface area contributed by atoms with E-state index in [9.17, 15) is 34.2 Å². The molecule has 34 heavy (non-hydrogen) atoms. The lowest BCUT2D eigenvalue weighted by atomic mass is 9.78. The van der Waals surface area contributed by atoms with E-state index in [0.29, 0.717) is 13.0 Å². The van der Waals surface area contributed by atoms with Gasteiger partial charge < -0.3 is 32.7 Å². The molecule has 1 heterocycles. The number of rotatable bonds is 13. The molecular weight excluding hydrogens is 446 g/mol. The van der Waals surface area contributed by atoms with Crippen LogP contribution in [0.5, 0.6) is 0 Å². The molecule has 2 amide bonds. The van der Waals surface area contributed by atoms with Crippen molar-refractivity contribution in [3.63, 3.8) is 0 Å². The van der Waals surface area contributed by atoms with Gasteiger partial charge in [-0.25, -0.2) is 4.79 Å². The van der Waals surface area contributed by atoms with E-state index < -0.39 is 78.0 Å². The highest BCUT2D eigenvalue weighted by Crippen LogP contribution is 2.29. The third-order valence-electron chi connectivity index (χ3n) is 6.04. The summed E-state index contributed by atoms with van der Waals surface area (Å²) in [7, 11) is 0. The van der Waals surface area contributed by atoms with E-state index in [1.54, 1.807) is 27.7 Å². The predicted molar refractivity (Wildman–Crippen MR) is 123 cm³/mol. The zero-order valence-corrected chi connectivity index (χ0v) is 20.3. The average Bonchev–Trinajstić information content (AvgIpc) is 3.30. The van der Waals surface area contributed by atoms with Crippen molar-refractivity contribution in [3.8, 4) is 0 Å². The summed E-state index contributed by atoms with van der Waals surface area (Å²) in [5.74, 6) is -6.76. The van der Waals surface area contributed by atoms with Crippen molar-refractivity contribution < 1.29 is 34.2 Å². The summed E-state index contributed by atoms with van der Waals surface area (Å²) in [6.07, 6.45) is -0.169. The summed E-state index contributed by atoms with van der Waals surface area (Å²) < 4.78 is 0. The molecule has 0 saturated carbocycles. The Balaban J connectivity index is 3.81. The van der Waals surface area contributed by atoms with E-state index in [0.717, 1.165) is 0 Å². The molecule has 1 saturated heterocycles. The SMILES string of the molecule is CC(C)CC(N)C(=O)C(CC(=O)C(N)C(C)C)(C(=O)O)N(C(=O)C(N)CO)C(=O)C1CCCN1. The first kappa shape index (κ1) is 29.8. The van der Waals surface area contributed by atoms with E-state index in [-0.39, 0.29) is 23.7 Å². The van der Waals surface area contributed by atoms with Crippen LogP contribution in [-0.2, 0) is 24.0 Å². The number of amides is 2. The van der Waals surface area contributed by atoms with Crippen LogP contribution < -0.4 is 22.5 Å². The van der Waals surface area contributed by atoms with E-state index >= 15 is 0 Å². The normalized spacial score (nSPS) is 20.5. The number of hydrogen-bond donors (Lipinski definition) is 6. The molecule has 1 aliphatic heterocycles. The highest BCUT2D eigenvalue weighted by Gasteiger charge is 2.59. The van der Waals surface area contributed by atoms with Gasteiger partial charge in [0.15, 0.2) is 11.6 Å². The summed E-state index contributed by atoms with van der Waals surface area (Å²) in [5, 5.41) is 22.7. The van der Waals surface area contributed by atoms with Crippen LogP contribution in [0, 0.1) is 11.8 Å². The molecule has 5 unspecified atom stereocenters. The molecule has 12 heteroatoms. The Morgan fingerprint density at radius 1 is 1.06 bits per heavy atom. The summed E-state index contributed by atoms with van der Waals surface area (Å²) in [4.78, 5) is 66.5. The highest BCUT2D eigenvalue weighted by molar-refractivity contribution is 6.19. The Morgan fingerprint density at radius 3 is 2.06 bits per heavy atom. The molecule has 194 valence electrons. The van der Waals surface area contributed by atoms with Crippen LogP contribution in [0.15, 0.2) is 0 Å². The van der Waals surface area contributed by atoms with Crippen LogP contribution in [0.2, 0.25) is 0 Å². The highest BCUT2D eigenvalue weighted by atomic mass is 16.4. The number of aliphatic carboxylic acids is 1. The Bertz CT molecular complexity index is 782. The molecule has 12 nitrogen and oxygen atoms in total. The fourth-order valence-corrected chi connectivity index (χ4v) is 4.00. The summed E-state index contributed by atoms with van der Waals surface area (Å²) in [6, 6.07) is -5.23. The Labute approximate surface area is 199 Å². The fourth-order valence-electron chi connectivity index (χ4n) is 4.00. The maximum Gasteiger partial charge on any atom is 0.338 e. The molecule has 0 radical (unpaired) electrons. The second kappa shape index (κ2) is 12.5. The lowest BCUT2D eigenvalue weighted by Crippen LogP contribution is -2.72. The van der Waals surface area contributed by atoms with Crippen LogP contribution in [0.3, 0.4) is 0 Å². The molecule has 0 aromatic carbocycles. The lowest BCUT2D eigenvalue weighted by Gasteiger charge is -2.41. The smallest absolute Gasteiger partial charge is 0.338 e. The van der Waals surface area contributed by atoms with Gasteiger partial charge in [-0.05, 0) is 37.6 Å². The zero-order chi connectivity index (χ0) is 26.4. The number of carboxylic acids is 1. The van der Waals surface area contributed by atoms with Crippen molar-refractivity contribution in [2.45, 2.75) is 83.1 Å². The maximum atomic E-state index is 13.7. The molecule has 9 N–H and O–H groups in total. The van der Waals surface area contributed by atoms with Gasteiger partial charge in [-0.1, -0.05) is 27.7 Å². The number of carboxylic acid groups (broad SMARTS) is 1. The van der Waals surface area contributed by atoms with E-state index in [1.165, 1.54) is 0 Å². The van der Waals surface area contributed by atoms with Crippen molar-refractivity contribution in [1.29, 1.82) is 0 Å². The van der Waals surface area contributed by atoms with Gasteiger partial charge in [0.25, 0.3) is 0 Å². The molecule has 0 aromatic rings. The van der Waals surface area contributed by atoms with Gasteiger partial charge in [0, 0.05) is 6.42 Å². The monoisotopic (exact) mass is 485 g/mol. The Hall–Kier alpha value is -2.25. The van der Waals surface area contributed by atoms with Gasteiger partial charge in [-0.15, -0.1) is 0 Å². The summed E-state index contributed by atoms with van der Waals surface area (Å²) in [6.45, 7) is 6.30. The van der Waals surface area contributed by atoms with Crippen molar-refractivity contribution in [3.05, 3.63) is 0 Å². The number of imide groups is 1. The van der Waals surface area contributed by atoms with Gasteiger partial charge in [0.1, 0.15) is 6.04 Å². The standard InChI is InChI=1S/C22H39N5O7/c1-11(2)8-13(23)18(30)22(21(33)34,9-16(29)17(25)12(3)4)27(19(31)14(24)10-28)20(32)15-6-5-7-26-15/h11-15,17,26,28H,5-10,23-25H2,1-4H3,(H,33,34). The van der Waals surface area contributed by atoms with E-state index in [4.69, 9.17) is 17.2 Å². The summed E-state index contributed by atoms with van der Waals surface area (Å²) in [5.41, 5.74) is 14.7. The second-order valence-electron chi connectivity index (χ2n) is 9.63. The number of carbonyl (C=O) groups is 5. The van der Waals surface area contributed by atoms with Crippen LogP contribution in [0.4, 0.5) is 0 Å². The van der Waals surface area contributed by atoms with Crippen LogP contribution in [0.25, 0.3) is 0 Å². The molecule has 5 atom stereocenters. The van der Waals surface area contributed by atoms with Crippen molar-refractivity contribution in [1.82, 2.24) is 10.2 Å². The Morgan fingerprint density at radius 2 is 1.65 bits per heavy atom. The fraction of sp³-hybridized carbons (Fsp3) is 0.773. The van der Waals surface area contributed by atoms with Crippen LogP contribution in [-0.4, -0.2) is 87.3 Å². The van der Waals surface area contributed by atoms with E-state index in [1.807, 2.05) is 0 Å². The average molecular weight is 486 g/mol. The van der Waals surface area contributed by atoms with Gasteiger partial charge >= 0.3 is 5.97 Å². The topological polar surface area (TPSA) is 219 Å². The molecule has 1 rings (SSSR count). The van der Waals surface area contributed by atoms with E-state index in [2.05, 4.69) is 5.32 Å². The quantitative estimate of drug-likeness (QED) is 0.158. The van der Waals surface area contributed by atoms with Crippen molar-refractivity contribution in [2.24, 2.45) is 29.0 Å². The van der Waals surface area contributed by atoms with Gasteiger partial charge in [-0.2, -0.15) is 0 Å². The van der Waals surface area contributed by atoms with Crippen molar-refractivity contribution >= 4 is 29.4 Å². The molecule has 0 aliphatic carbocycles. The largest absolute Gasteiger partial charge is 0.479 e. The van der Waals surface area contributed by atoms with Gasteiger partial charge in [0.2, 0.25) is 17.4 Å². The maximum absolute atomic E-state index is 13.7. The van der Waals surface area contributed by atoms with Crippen molar-refractivity contribution in [2.75, 3.05) is 13.2 Å². The first-order valence-corrected chi connectivity index (χ1v) is 11.5.